The van der Waals surface area contributed by atoms with E-state index in [1.54, 1.807) is 12.1 Å². The van der Waals surface area contributed by atoms with Crippen molar-refractivity contribution in [3.63, 3.8) is 0 Å². The molecule has 8 heteroatoms. The summed E-state index contributed by atoms with van der Waals surface area (Å²) in [5.74, 6) is -12.3. The van der Waals surface area contributed by atoms with Gasteiger partial charge in [0.2, 0.25) is 5.82 Å². The second-order valence-electron chi connectivity index (χ2n) is 6.36. The molecule has 0 N–H and O–H groups in total. The highest BCUT2D eigenvalue weighted by molar-refractivity contribution is 5.95. The van der Waals surface area contributed by atoms with Crippen LogP contribution in [0.3, 0.4) is 0 Å². The highest BCUT2D eigenvalue weighted by Crippen LogP contribution is 2.32. The first-order valence-electron chi connectivity index (χ1n) is 8.14. The SMILES string of the molecule is CC(=O)c1ccc(CN(C(=O)c2c(F)c(F)c(F)c(F)c2F)C2CC2)cc1. The van der Waals surface area contributed by atoms with Gasteiger partial charge in [0.05, 0.1) is 0 Å². The molecule has 1 fully saturated rings. The third-order valence-corrected chi connectivity index (χ3v) is 4.39. The quantitative estimate of drug-likeness (QED) is 0.332. The number of hydrogen-bond acceptors (Lipinski definition) is 2. The van der Waals surface area contributed by atoms with E-state index in [0.717, 1.165) is 4.90 Å². The standard InChI is InChI=1S/C19H14F5NO2/c1-9(26)11-4-2-10(3-5-11)8-25(12-6-7-12)19(27)13-14(20)16(22)18(24)17(23)15(13)21/h2-5,12H,6-8H2,1H3. The first-order chi connectivity index (χ1) is 12.7. The van der Waals surface area contributed by atoms with Gasteiger partial charge in [-0.05, 0) is 25.3 Å². The Labute approximate surface area is 151 Å². The Morgan fingerprint density at radius 3 is 1.81 bits per heavy atom. The lowest BCUT2D eigenvalue weighted by Crippen LogP contribution is -2.34. The fourth-order valence-corrected chi connectivity index (χ4v) is 2.73. The second kappa shape index (κ2) is 7.09. The monoisotopic (exact) mass is 383 g/mol. The molecule has 1 aliphatic carbocycles. The number of rotatable bonds is 5. The molecule has 2 aromatic rings. The van der Waals surface area contributed by atoms with Gasteiger partial charge in [0.1, 0.15) is 5.56 Å². The Morgan fingerprint density at radius 1 is 0.889 bits per heavy atom. The van der Waals surface area contributed by atoms with Gasteiger partial charge in [0.15, 0.2) is 29.1 Å². The predicted octanol–water partition coefficient (Wildman–Crippen LogP) is 4.39. The molecule has 0 bridgehead atoms. The molecule has 0 heterocycles. The Kier molecular flexibility index (Phi) is 4.99. The lowest BCUT2D eigenvalue weighted by molar-refractivity contribution is 0.0716. The van der Waals surface area contributed by atoms with Crippen LogP contribution in [0.4, 0.5) is 22.0 Å². The first-order valence-corrected chi connectivity index (χ1v) is 8.14. The average molecular weight is 383 g/mol. The van der Waals surface area contributed by atoms with Gasteiger partial charge in [-0.2, -0.15) is 0 Å². The van der Waals surface area contributed by atoms with Crippen molar-refractivity contribution in [3.8, 4) is 0 Å². The van der Waals surface area contributed by atoms with Crippen molar-refractivity contribution in [3.05, 3.63) is 70.0 Å². The largest absolute Gasteiger partial charge is 0.331 e. The third kappa shape index (κ3) is 3.56. The summed E-state index contributed by atoms with van der Waals surface area (Å²) in [7, 11) is 0. The van der Waals surface area contributed by atoms with E-state index >= 15 is 0 Å². The second-order valence-corrected chi connectivity index (χ2v) is 6.36. The van der Waals surface area contributed by atoms with Crippen LogP contribution in [0, 0.1) is 29.1 Å². The number of hydrogen-bond donors (Lipinski definition) is 0. The molecule has 0 aliphatic heterocycles. The Hall–Kier alpha value is -2.77. The van der Waals surface area contributed by atoms with Gasteiger partial charge in [-0.3, -0.25) is 9.59 Å². The molecule has 0 aromatic heterocycles. The molecule has 1 amide bonds. The van der Waals surface area contributed by atoms with Crippen LogP contribution in [0.5, 0.6) is 0 Å². The summed E-state index contributed by atoms with van der Waals surface area (Å²) in [5, 5.41) is 0. The van der Waals surface area contributed by atoms with Crippen LogP contribution in [0.15, 0.2) is 24.3 Å². The summed E-state index contributed by atoms with van der Waals surface area (Å²) < 4.78 is 68.0. The van der Waals surface area contributed by atoms with Crippen molar-refractivity contribution in [2.75, 3.05) is 0 Å². The molecule has 2 aromatic carbocycles. The highest BCUT2D eigenvalue weighted by atomic mass is 19.2. The summed E-state index contributed by atoms with van der Waals surface area (Å²) in [6.45, 7) is 1.30. The van der Waals surface area contributed by atoms with Crippen LogP contribution in [-0.4, -0.2) is 22.6 Å². The van der Waals surface area contributed by atoms with Gasteiger partial charge in [0.25, 0.3) is 5.91 Å². The molecule has 0 saturated heterocycles. The molecule has 142 valence electrons. The highest BCUT2D eigenvalue weighted by Gasteiger charge is 2.38. The summed E-state index contributed by atoms with van der Waals surface area (Å²) in [6, 6.07) is 5.85. The first kappa shape index (κ1) is 19.0. The minimum Gasteiger partial charge on any atom is -0.331 e. The van der Waals surface area contributed by atoms with Crippen LogP contribution in [0.1, 0.15) is 46.0 Å². The molecule has 3 rings (SSSR count). The average Bonchev–Trinajstić information content (AvgIpc) is 3.48. The van der Waals surface area contributed by atoms with E-state index in [1.807, 2.05) is 0 Å². The van der Waals surface area contributed by atoms with Crippen molar-refractivity contribution in [1.29, 1.82) is 0 Å². The summed E-state index contributed by atoms with van der Waals surface area (Å²) in [5.41, 5.74) is -0.453. The zero-order valence-electron chi connectivity index (χ0n) is 14.2. The zero-order valence-corrected chi connectivity index (χ0v) is 14.2. The van der Waals surface area contributed by atoms with Gasteiger partial charge >= 0.3 is 0 Å². The molecule has 0 spiro atoms. The van der Waals surface area contributed by atoms with Gasteiger partial charge in [-0.25, -0.2) is 22.0 Å². The Balaban J connectivity index is 1.95. The van der Waals surface area contributed by atoms with E-state index in [1.165, 1.54) is 19.1 Å². The number of benzene rings is 2. The number of halogens is 5. The number of carbonyl (C=O) groups excluding carboxylic acids is 2. The Bertz CT molecular complexity index is 894. The summed E-state index contributed by atoms with van der Waals surface area (Å²) in [6.07, 6.45) is 1.12. The van der Waals surface area contributed by atoms with E-state index in [-0.39, 0.29) is 18.4 Å². The fraction of sp³-hybridized carbons (Fsp3) is 0.263. The van der Waals surface area contributed by atoms with Crippen LogP contribution in [0.2, 0.25) is 0 Å². The number of carbonyl (C=O) groups is 2. The molecule has 1 saturated carbocycles. The minimum atomic E-state index is -2.31. The van der Waals surface area contributed by atoms with Crippen LogP contribution in [0.25, 0.3) is 0 Å². The molecular formula is C19H14F5NO2. The zero-order chi connectivity index (χ0) is 19.9. The van der Waals surface area contributed by atoms with E-state index in [2.05, 4.69) is 0 Å². The van der Waals surface area contributed by atoms with Gasteiger partial charge in [-0.15, -0.1) is 0 Å². The molecule has 0 atom stereocenters. The van der Waals surface area contributed by atoms with Crippen molar-refractivity contribution in [1.82, 2.24) is 4.90 Å². The molecule has 1 aliphatic rings. The lowest BCUT2D eigenvalue weighted by atomic mass is 10.1. The maximum Gasteiger partial charge on any atom is 0.260 e. The number of amides is 1. The number of nitrogens with zero attached hydrogens (tertiary/aromatic N) is 1. The van der Waals surface area contributed by atoms with E-state index in [0.29, 0.717) is 24.0 Å². The third-order valence-electron chi connectivity index (χ3n) is 4.39. The van der Waals surface area contributed by atoms with Crippen molar-refractivity contribution >= 4 is 11.7 Å². The van der Waals surface area contributed by atoms with Crippen molar-refractivity contribution in [2.24, 2.45) is 0 Å². The maximum atomic E-state index is 14.0. The van der Waals surface area contributed by atoms with Crippen LogP contribution in [-0.2, 0) is 6.54 Å². The maximum absolute atomic E-state index is 14.0. The summed E-state index contributed by atoms with van der Waals surface area (Å²) in [4.78, 5) is 25.0. The van der Waals surface area contributed by atoms with Crippen molar-refractivity contribution < 1.29 is 31.5 Å². The molecule has 0 unspecified atom stereocenters. The van der Waals surface area contributed by atoms with E-state index in [9.17, 15) is 31.5 Å². The van der Waals surface area contributed by atoms with Gasteiger partial charge in [-0.1, -0.05) is 24.3 Å². The van der Waals surface area contributed by atoms with Crippen LogP contribution < -0.4 is 0 Å². The smallest absolute Gasteiger partial charge is 0.260 e. The fourth-order valence-electron chi connectivity index (χ4n) is 2.73. The molecular weight excluding hydrogens is 369 g/mol. The van der Waals surface area contributed by atoms with Gasteiger partial charge in [0, 0.05) is 18.2 Å². The molecule has 0 radical (unpaired) electrons. The predicted molar refractivity (Wildman–Crippen MR) is 85.6 cm³/mol. The number of ketones is 1. The molecule has 27 heavy (non-hydrogen) atoms. The minimum absolute atomic E-state index is 0.0822. The van der Waals surface area contributed by atoms with Crippen molar-refractivity contribution in [2.45, 2.75) is 32.4 Å². The topological polar surface area (TPSA) is 37.4 Å². The van der Waals surface area contributed by atoms with Gasteiger partial charge < -0.3 is 4.90 Å². The molecule has 3 nitrogen and oxygen atoms in total. The summed E-state index contributed by atoms with van der Waals surface area (Å²) >= 11 is 0. The normalized spacial score (nSPS) is 13.6. The Morgan fingerprint density at radius 2 is 1.37 bits per heavy atom. The van der Waals surface area contributed by atoms with E-state index in [4.69, 9.17) is 0 Å². The van der Waals surface area contributed by atoms with Crippen LogP contribution >= 0.6 is 0 Å². The van der Waals surface area contributed by atoms with E-state index < -0.39 is 40.6 Å². The lowest BCUT2D eigenvalue weighted by Gasteiger charge is -2.23. The number of Topliss-reactive ketones (excluding diaryl/α,β-unsaturated/α-hetero) is 1.